The number of rotatable bonds is 6. The van der Waals surface area contributed by atoms with Crippen molar-refractivity contribution >= 4 is 40.8 Å². The molecule has 1 N–H and O–H groups in total. The highest BCUT2D eigenvalue weighted by Crippen LogP contribution is 2.33. The molecular formula is C18H15Cl2NO5. The van der Waals surface area contributed by atoms with Crippen LogP contribution < -0.4 is 10.1 Å². The second-order valence-electron chi connectivity index (χ2n) is 4.89. The summed E-state index contributed by atoms with van der Waals surface area (Å²) in [6.07, 6.45) is 0.971. The molecule has 0 aliphatic rings. The first kappa shape index (κ1) is 19.6. The van der Waals surface area contributed by atoms with Gasteiger partial charge in [-0.3, -0.25) is 0 Å². The lowest BCUT2D eigenvalue weighted by Crippen LogP contribution is -2.15. The molecule has 26 heavy (non-hydrogen) atoms. The van der Waals surface area contributed by atoms with Gasteiger partial charge in [0.15, 0.2) is 5.75 Å². The molecule has 0 spiro atoms. The van der Waals surface area contributed by atoms with E-state index in [-0.39, 0.29) is 5.70 Å². The van der Waals surface area contributed by atoms with E-state index in [0.29, 0.717) is 27.2 Å². The summed E-state index contributed by atoms with van der Waals surface area (Å²) in [5, 5.41) is 3.76. The van der Waals surface area contributed by atoms with Crippen LogP contribution in [0.3, 0.4) is 0 Å². The summed E-state index contributed by atoms with van der Waals surface area (Å²) >= 11 is 11.9. The first-order chi connectivity index (χ1) is 12.4. The normalized spacial score (nSPS) is 10.8. The van der Waals surface area contributed by atoms with Gasteiger partial charge in [-0.25, -0.2) is 9.59 Å². The fraction of sp³-hybridized carbons (Fsp3) is 0.111. The molecule has 2 aromatic carbocycles. The van der Waals surface area contributed by atoms with Gasteiger partial charge in [0, 0.05) is 10.0 Å². The molecule has 0 radical (unpaired) electrons. The van der Waals surface area contributed by atoms with E-state index in [9.17, 15) is 9.59 Å². The molecule has 0 atom stereocenters. The van der Waals surface area contributed by atoms with E-state index in [1.807, 2.05) is 0 Å². The van der Waals surface area contributed by atoms with Gasteiger partial charge in [-0.15, -0.1) is 0 Å². The van der Waals surface area contributed by atoms with Gasteiger partial charge in [-0.05, 0) is 42.5 Å². The van der Waals surface area contributed by atoms with Gasteiger partial charge >= 0.3 is 11.9 Å². The van der Waals surface area contributed by atoms with Gasteiger partial charge in [0.1, 0.15) is 11.4 Å². The Morgan fingerprint density at radius 3 is 2.23 bits per heavy atom. The largest absolute Gasteiger partial charge is 0.466 e. The zero-order chi connectivity index (χ0) is 19.1. The second-order valence-corrected chi connectivity index (χ2v) is 5.77. The van der Waals surface area contributed by atoms with E-state index in [0.717, 1.165) is 6.08 Å². The van der Waals surface area contributed by atoms with Crippen molar-refractivity contribution < 1.29 is 23.8 Å². The molecule has 136 valence electrons. The number of ether oxygens (including phenoxy) is 3. The number of hydrogen-bond donors (Lipinski definition) is 1. The molecule has 2 rings (SSSR count). The van der Waals surface area contributed by atoms with Crippen molar-refractivity contribution in [3.05, 3.63) is 64.3 Å². The maximum atomic E-state index is 11.9. The first-order valence-corrected chi connectivity index (χ1v) is 8.06. The molecule has 0 aliphatic carbocycles. The van der Waals surface area contributed by atoms with Crippen LogP contribution in [0.2, 0.25) is 10.0 Å². The molecule has 0 aliphatic heterocycles. The Bertz CT molecular complexity index is 834. The zero-order valence-corrected chi connectivity index (χ0v) is 15.4. The van der Waals surface area contributed by atoms with E-state index in [4.69, 9.17) is 27.9 Å². The maximum Gasteiger partial charge on any atom is 0.354 e. The van der Waals surface area contributed by atoms with E-state index < -0.39 is 11.9 Å². The lowest BCUT2D eigenvalue weighted by atomic mass is 10.2. The van der Waals surface area contributed by atoms with Crippen LogP contribution >= 0.6 is 23.2 Å². The maximum absolute atomic E-state index is 11.9. The summed E-state index contributed by atoms with van der Waals surface area (Å²) in [4.78, 5) is 23.4. The number of halogens is 2. The Morgan fingerprint density at radius 1 is 0.962 bits per heavy atom. The van der Waals surface area contributed by atoms with Crippen LogP contribution in [0.5, 0.6) is 11.5 Å². The summed E-state index contributed by atoms with van der Waals surface area (Å²) in [7, 11) is 2.39. The minimum Gasteiger partial charge on any atom is -0.466 e. The third-order valence-electron chi connectivity index (χ3n) is 3.12. The van der Waals surface area contributed by atoms with E-state index in [1.165, 1.54) is 14.2 Å². The van der Waals surface area contributed by atoms with Gasteiger partial charge in [0.25, 0.3) is 0 Å². The van der Waals surface area contributed by atoms with Crippen LogP contribution in [0.25, 0.3) is 0 Å². The zero-order valence-electron chi connectivity index (χ0n) is 13.9. The molecular weight excluding hydrogens is 381 g/mol. The molecule has 0 heterocycles. The van der Waals surface area contributed by atoms with E-state index in [2.05, 4.69) is 14.8 Å². The van der Waals surface area contributed by atoms with Gasteiger partial charge < -0.3 is 19.5 Å². The highest BCUT2D eigenvalue weighted by Gasteiger charge is 2.16. The van der Waals surface area contributed by atoms with Gasteiger partial charge in [-0.2, -0.15) is 0 Å². The fourth-order valence-electron chi connectivity index (χ4n) is 1.90. The Morgan fingerprint density at radius 2 is 1.62 bits per heavy atom. The third-order valence-corrected chi connectivity index (χ3v) is 3.61. The number of methoxy groups -OCH3 is 2. The molecule has 0 bridgehead atoms. The molecule has 0 amide bonds. The third kappa shape index (κ3) is 5.40. The van der Waals surface area contributed by atoms with Gasteiger partial charge in [0.05, 0.1) is 26.0 Å². The topological polar surface area (TPSA) is 73.9 Å². The molecule has 2 aromatic rings. The Hall–Kier alpha value is -2.70. The minimum atomic E-state index is -0.757. The predicted octanol–water partition coefficient (Wildman–Crippen LogP) is 4.43. The number of nitrogens with one attached hydrogen (secondary N) is 1. The highest BCUT2D eigenvalue weighted by molar-refractivity contribution is 6.31. The second kappa shape index (κ2) is 9.12. The highest BCUT2D eigenvalue weighted by atomic mass is 35.5. The number of anilines is 1. The van der Waals surface area contributed by atoms with Crippen LogP contribution in [-0.2, 0) is 19.1 Å². The van der Waals surface area contributed by atoms with Crippen molar-refractivity contribution in [3.63, 3.8) is 0 Å². The van der Waals surface area contributed by atoms with Crippen molar-refractivity contribution in [2.75, 3.05) is 19.5 Å². The van der Waals surface area contributed by atoms with Gasteiger partial charge in [0.2, 0.25) is 0 Å². The Kier molecular flexibility index (Phi) is 6.89. The standard InChI is InChI=1S/C18H15Cl2NO5/c1-24-17(22)10-15(18(23)25-2)21-14-9-12(20)5-8-16(14)26-13-6-3-11(19)4-7-13/h3-10,21H,1-2H3/b15-10+. The average Bonchev–Trinajstić information content (AvgIpc) is 2.64. The quantitative estimate of drug-likeness (QED) is 0.575. The number of hydrogen-bond acceptors (Lipinski definition) is 6. The van der Waals surface area contributed by atoms with E-state index in [1.54, 1.807) is 42.5 Å². The van der Waals surface area contributed by atoms with Crippen molar-refractivity contribution in [2.24, 2.45) is 0 Å². The number of benzene rings is 2. The number of carbonyl (C=O) groups is 2. The number of esters is 2. The smallest absolute Gasteiger partial charge is 0.354 e. The monoisotopic (exact) mass is 395 g/mol. The fourth-order valence-corrected chi connectivity index (χ4v) is 2.19. The summed E-state index contributed by atoms with van der Waals surface area (Å²) in [5.41, 5.74) is 0.218. The summed E-state index contributed by atoms with van der Waals surface area (Å²) < 4.78 is 15.0. The Labute approximate surface area is 160 Å². The minimum absolute atomic E-state index is 0.137. The van der Waals surface area contributed by atoms with Crippen molar-refractivity contribution in [2.45, 2.75) is 0 Å². The summed E-state index contributed by atoms with van der Waals surface area (Å²) in [6.45, 7) is 0. The SMILES string of the molecule is COC(=O)/C=C(/Nc1cc(Cl)ccc1Oc1ccc(Cl)cc1)C(=O)OC. The van der Waals surface area contributed by atoms with Crippen molar-refractivity contribution in [3.8, 4) is 11.5 Å². The summed E-state index contributed by atoms with van der Waals surface area (Å²) in [5.74, 6) is -0.583. The summed E-state index contributed by atoms with van der Waals surface area (Å²) in [6, 6.07) is 11.5. The molecule has 6 nitrogen and oxygen atoms in total. The molecule has 0 fully saturated rings. The van der Waals surface area contributed by atoms with Crippen LogP contribution in [0.15, 0.2) is 54.2 Å². The van der Waals surface area contributed by atoms with Crippen molar-refractivity contribution in [1.82, 2.24) is 0 Å². The predicted molar refractivity (Wildman–Crippen MR) is 98.7 cm³/mol. The van der Waals surface area contributed by atoms with Crippen LogP contribution in [0, 0.1) is 0 Å². The molecule has 0 aromatic heterocycles. The van der Waals surface area contributed by atoms with Crippen LogP contribution in [0.1, 0.15) is 0 Å². The molecule has 0 saturated carbocycles. The van der Waals surface area contributed by atoms with Gasteiger partial charge in [-0.1, -0.05) is 23.2 Å². The van der Waals surface area contributed by atoms with Crippen molar-refractivity contribution in [1.29, 1.82) is 0 Å². The lowest BCUT2D eigenvalue weighted by Gasteiger charge is -2.14. The number of carbonyl (C=O) groups excluding carboxylic acids is 2. The first-order valence-electron chi connectivity index (χ1n) is 7.31. The molecule has 0 saturated heterocycles. The Balaban J connectivity index is 2.36. The lowest BCUT2D eigenvalue weighted by molar-refractivity contribution is -0.138. The molecule has 0 unspecified atom stereocenters. The van der Waals surface area contributed by atoms with Crippen LogP contribution in [0.4, 0.5) is 5.69 Å². The van der Waals surface area contributed by atoms with E-state index >= 15 is 0 Å². The van der Waals surface area contributed by atoms with Crippen LogP contribution in [-0.4, -0.2) is 26.2 Å². The average molecular weight is 396 g/mol. The molecule has 8 heteroatoms.